The van der Waals surface area contributed by atoms with Gasteiger partial charge in [-0.15, -0.1) is 0 Å². The minimum absolute atomic E-state index is 0.191. The van der Waals surface area contributed by atoms with Gasteiger partial charge in [0.25, 0.3) is 0 Å². The zero-order valence-electron chi connectivity index (χ0n) is 11.4. The smallest absolute Gasteiger partial charge is 0.108 e. The maximum atomic E-state index is 10.9. The van der Waals surface area contributed by atoms with Crippen LogP contribution in [0.15, 0.2) is 41.0 Å². The Morgan fingerprint density at radius 1 is 1.26 bits per heavy atom. The van der Waals surface area contributed by atoms with Crippen LogP contribution >= 0.6 is 15.9 Å². The number of nitrogens with one attached hydrogen (secondary N) is 2. The Kier molecular flexibility index (Phi) is 4.13. The molecule has 2 atom stereocenters. The van der Waals surface area contributed by atoms with Crippen molar-refractivity contribution in [2.24, 2.45) is 0 Å². The lowest BCUT2D eigenvalue weighted by Gasteiger charge is -2.33. The second-order valence-electron chi connectivity index (χ2n) is 4.95. The van der Waals surface area contributed by atoms with Gasteiger partial charge in [0, 0.05) is 16.4 Å². The number of rotatable bonds is 4. The highest BCUT2D eigenvalue weighted by Crippen LogP contribution is 2.35. The zero-order valence-corrected chi connectivity index (χ0v) is 13.0. The molecule has 4 heteroatoms. The van der Waals surface area contributed by atoms with Crippen molar-refractivity contribution < 1.29 is 5.11 Å². The standard InChI is InChI=1S/C15H19BrN2O/c1-10-8-9-18-13(10)14(17-3)15(2,19)11-4-6-12(16)7-5-11/h4-9,14,17-19H,1-3H3. The summed E-state index contributed by atoms with van der Waals surface area (Å²) in [6.45, 7) is 3.87. The van der Waals surface area contributed by atoms with Crippen molar-refractivity contribution in [3.8, 4) is 0 Å². The Bertz CT molecular complexity index is 546. The Hall–Kier alpha value is -1.10. The van der Waals surface area contributed by atoms with Gasteiger partial charge in [0.05, 0.1) is 6.04 Å². The van der Waals surface area contributed by atoms with Crippen molar-refractivity contribution in [2.75, 3.05) is 7.05 Å². The van der Waals surface area contributed by atoms with Crippen LogP contribution in [0.2, 0.25) is 0 Å². The Morgan fingerprint density at radius 3 is 2.37 bits per heavy atom. The van der Waals surface area contributed by atoms with Crippen LogP contribution in [0.1, 0.15) is 29.8 Å². The predicted molar refractivity (Wildman–Crippen MR) is 81.0 cm³/mol. The quantitative estimate of drug-likeness (QED) is 0.809. The number of H-pyrrole nitrogens is 1. The SMILES string of the molecule is CNC(c1[nH]ccc1C)C(C)(O)c1ccc(Br)cc1. The Morgan fingerprint density at radius 2 is 1.89 bits per heavy atom. The molecule has 0 fully saturated rings. The third kappa shape index (κ3) is 2.76. The molecular weight excluding hydrogens is 304 g/mol. The van der Waals surface area contributed by atoms with Crippen LogP contribution in [-0.4, -0.2) is 17.1 Å². The summed E-state index contributed by atoms with van der Waals surface area (Å²) in [6.07, 6.45) is 1.90. The van der Waals surface area contributed by atoms with Gasteiger partial charge < -0.3 is 15.4 Å². The minimum atomic E-state index is -0.995. The highest BCUT2D eigenvalue weighted by molar-refractivity contribution is 9.10. The summed E-state index contributed by atoms with van der Waals surface area (Å²) in [4.78, 5) is 3.21. The summed E-state index contributed by atoms with van der Waals surface area (Å²) < 4.78 is 1.00. The van der Waals surface area contributed by atoms with E-state index < -0.39 is 5.60 Å². The fourth-order valence-corrected chi connectivity index (χ4v) is 2.70. The van der Waals surface area contributed by atoms with E-state index >= 15 is 0 Å². The first-order valence-electron chi connectivity index (χ1n) is 6.26. The maximum absolute atomic E-state index is 10.9. The average Bonchev–Trinajstić information content (AvgIpc) is 2.77. The summed E-state index contributed by atoms with van der Waals surface area (Å²) in [7, 11) is 1.86. The number of likely N-dealkylation sites (N-methyl/N-ethyl adjacent to an activating group) is 1. The van der Waals surface area contributed by atoms with Gasteiger partial charge in [0.2, 0.25) is 0 Å². The normalized spacial score (nSPS) is 16.1. The summed E-state index contributed by atoms with van der Waals surface area (Å²) >= 11 is 3.41. The first-order chi connectivity index (χ1) is 8.96. The van der Waals surface area contributed by atoms with Gasteiger partial charge in [0.15, 0.2) is 0 Å². The number of benzene rings is 1. The molecule has 2 aromatic rings. The largest absolute Gasteiger partial charge is 0.383 e. The van der Waals surface area contributed by atoms with Crippen molar-refractivity contribution >= 4 is 15.9 Å². The molecule has 0 spiro atoms. The van der Waals surface area contributed by atoms with E-state index in [0.717, 1.165) is 21.3 Å². The Labute approximate surface area is 122 Å². The topological polar surface area (TPSA) is 48.0 Å². The van der Waals surface area contributed by atoms with Crippen LogP contribution in [0, 0.1) is 6.92 Å². The molecule has 0 radical (unpaired) electrons. The van der Waals surface area contributed by atoms with Crippen LogP contribution in [0.4, 0.5) is 0 Å². The van der Waals surface area contributed by atoms with E-state index in [1.54, 1.807) is 0 Å². The molecule has 2 rings (SSSR count). The van der Waals surface area contributed by atoms with Gasteiger partial charge in [-0.1, -0.05) is 28.1 Å². The Balaban J connectivity index is 2.41. The molecule has 1 aromatic heterocycles. The lowest BCUT2D eigenvalue weighted by molar-refractivity contribution is 0.0153. The molecule has 1 aromatic carbocycles. The number of hydrogen-bond acceptors (Lipinski definition) is 2. The van der Waals surface area contributed by atoms with Gasteiger partial charge in [-0.05, 0) is 50.2 Å². The summed E-state index contributed by atoms with van der Waals surface area (Å²) in [5.41, 5.74) is 2.03. The molecule has 0 saturated carbocycles. The monoisotopic (exact) mass is 322 g/mol. The van der Waals surface area contributed by atoms with E-state index in [4.69, 9.17) is 0 Å². The van der Waals surface area contributed by atoms with Crippen molar-refractivity contribution in [1.29, 1.82) is 0 Å². The van der Waals surface area contributed by atoms with E-state index in [0.29, 0.717) is 0 Å². The van der Waals surface area contributed by atoms with E-state index in [1.807, 2.05) is 57.4 Å². The summed E-state index contributed by atoms with van der Waals surface area (Å²) in [5.74, 6) is 0. The van der Waals surface area contributed by atoms with Crippen LogP contribution in [0.5, 0.6) is 0 Å². The fraction of sp³-hybridized carbons (Fsp3) is 0.333. The van der Waals surface area contributed by atoms with Gasteiger partial charge in [-0.25, -0.2) is 0 Å². The summed E-state index contributed by atoms with van der Waals surface area (Å²) in [5, 5.41) is 14.1. The van der Waals surface area contributed by atoms with Crippen LogP contribution < -0.4 is 5.32 Å². The molecule has 0 aliphatic carbocycles. The fourth-order valence-electron chi connectivity index (χ4n) is 2.43. The number of hydrogen-bond donors (Lipinski definition) is 3. The number of aliphatic hydroxyl groups is 1. The van der Waals surface area contributed by atoms with Gasteiger partial charge >= 0.3 is 0 Å². The van der Waals surface area contributed by atoms with Gasteiger partial charge in [0.1, 0.15) is 5.60 Å². The average molecular weight is 323 g/mol. The molecular formula is C15H19BrN2O. The molecule has 19 heavy (non-hydrogen) atoms. The van der Waals surface area contributed by atoms with Crippen LogP contribution in [0.3, 0.4) is 0 Å². The highest BCUT2D eigenvalue weighted by Gasteiger charge is 2.35. The van der Waals surface area contributed by atoms with Crippen molar-refractivity contribution in [1.82, 2.24) is 10.3 Å². The van der Waals surface area contributed by atoms with Gasteiger partial charge in [-0.2, -0.15) is 0 Å². The molecule has 0 bridgehead atoms. The second kappa shape index (κ2) is 5.49. The molecule has 3 N–H and O–H groups in total. The van der Waals surface area contributed by atoms with E-state index in [1.165, 1.54) is 0 Å². The molecule has 102 valence electrons. The summed E-state index contributed by atoms with van der Waals surface area (Å²) in [6, 6.07) is 9.58. The van der Waals surface area contributed by atoms with E-state index in [2.05, 4.69) is 26.2 Å². The van der Waals surface area contributed by atoms with Gasteiger partial charge in [-0.3, -0.25) is 0 Å². The second-order valence-corrected chi connectivity index (χ2v) is 5.87. The molecule has 0 aliphatic heterocycles. The zero-order chi connectivity index (χ0) is 14.0. The predicted octanol–water partition coefficient (Wildman–Crippen LogP) is 3.25. The van der Waals surface area contributed by atoms with E-state index in [-0.39, 0.29) is 6.04 Å². The van der Waals surface area contributed by atoms with Crippen molar-refractivity contribution in [3.05, 3.63) is 57.8 Å². The maximum Gasteiger partial charge on any atom is 0.108 e. The molecule has 0 aliphatic rings. The van der Waals surface area contributed by atoms with Crippen molar-refractivity contribution in [3.63, 3.8) is 0 Å². The lowest BCUT2D eigenvalue weighted by atomic mass is 9.85. The van der Waals surface area contributed by atoms with Crippen LogP contribution in [0.25, 0.3) is 0 Å². The first-order valence-corrected chi connectivity index (χ1v) is 7.05. The van der Waals surface area contributed by atoms with Crippen LogP contribution in [-0.2, 0) is 5.60 Å². The highest BCUT2D eigenvalue weighted by atomic mass is 79.9. The number of aromatic nitrogens is 1. The van der Waals surface area contributed by atoms with E-state index in [9.17, 15) is 5.11 Å². The lowest BCUT2D eigenvalue weighted by Crippen LogP contribution is -2.38. The third-order valence-electron chi connectivity index (χ3n) is 3.57. The number of aryl methyl sites for hydroxylation is 1. The molecule has 0 amide bonds. The minimum Gasteiger partial charge on any atom is -0.383 e. The van der Waals surface area contributed by atoms with Crippen molar-refractivity contribution in [2.45, 2.75) is 25.5 Å². The number of aromatic amines is 1. The number of halogens is 1. The molecule has 2 unspecified atom stereocenters. The third-order valence-corrected chi connectivity index (χ3v) is 4.09. The molecule has 1 heterocycles. The first kappa shape index (κ1) is 14.3. The molecule has 3 nitrogen and oxygen atoms in total. The molecule has 0 saturated heterocycles.